The van der Waals surface area contributed by atoms with Crippen molar-refractivity contribution >= 4 is 56.6 Å². The quantitative estimate of drug-likeness (QED) is 0.253. The molecular formula is C14H18IN5O7S. The van der Waals surface area contributed by atoms with Gasteiger partial charge in [-0.05, 0) is 13.8 Å². The number of aromatic hydroxyl groups is 1. The van der Waals surface area contributed by atoms with Crippen LogP contribution in [0.4, 0.5) is 17.1 Å². The molecule has 1 N–H and O–H groups in total. The topological polar surface area (TPSA) is 165 Å². The van der Waals surface area contributed by atoms with Gasteiger partial charge in [0.2, 0.25) is 0 Å². The molecule has 28 heavy (non-hydrogen) atoms. The maximum atomic E-state index is 10.4. The summed E-state index contributed by atoms with van der Waals surface area (Å²) < 4.78 is 1.21. The van der Waals surface area contributed by atoms with Gasteiger partial charge >= 0.3 is 11.4 Å². The normalized spacial score (nSPS) is 15.2. The molecule has 1 aromatic rings. The molecule has 0 saturated carbocycles. The molecule has 0 amide bonds. The molecule has 1 heterocycles. The molecule has 14 heteroatoms. The third-order valence-electron chi connectivity index (χ3n) is 3.57. The number of hydrogen-bond donors (Lipinski definition) is 1. The van der Waals surface area contributed by atoms with Crippen molar-refractivity contribution in [2.75, 3.05) is 24.1 Å². The Bertz CT molecular complexity index is 752. The Morgan fingerprint density at radius 1 is 1.14 bits per heavy atom. The minimum absolute atomic E-state index is 0.447. The minimum atomic E-state index is -1.21. The largest absolute Gasteiger partial charge is 0.497 e. The van der Waals surface area contributed by atoms with Crippen molar-refractivity contribution in [3.05, 3.63) is 42.5 Å². The minimum Gasteiger partial charge on any atom is -0.497 e. The van der Waals surface area contributed by atoms with Gasteiger partial charge < -0.3 is 10.0 Å². The van der Waals surface area contributed by atoms with Crippen molar-refractivity contribution in [3.8, 4) is 5.75 Å². The Hall–Kier alpha value is -2.23. The summed E-state index contributed by atoms with van der Waals surface area (Å²) in [6.45, 7) is 7.54. The Morgan fingerprint density at radius 2 is 1.64 bits per heavy atom. The third-order valence-corrected chi connectivity index (χ3v) is 6.48. The monoisotopic (exact) mass is 527 g/mol. The summed E-state index contributed by atoms with van der Waals surface area (Å²) in [5.74, 6) is -1.21. The number of amidine groups is 1. The molecule has 0 fully saturated rings. The first kappa shape index (κ1) is 23.8. The highest BCUT2D eigenvalue weighted by atomic mass is 127. The van der Waals surface area contributed by atoms with Crippen LogP contribution in [0.3, 0.4) is 0 Å². The summed E-state index contributed by atoms with van der Waals surface area (Å²) in [5.41, 5.74) is -3.00. The van der Waals surface area contributed by atoms with E-state index < -0.39 is 37.6 Å². The zero-order chi connectivity index (χ0) is 21.4. The molecular weight excluding hydrogens is 509 g/mol. The average Bonchev–Trinajstić information content (AvgIpc) is 3.11. The van der Waals surface area contributed by atoms with E-state index in [4.69, 9.17) is 5.11 Å². The number of alkyl halides is 1. The van der Waals surface area contributed by atoms with Crippen LogP contribution >= 0.6 is 34.4 Å². The molecule has 0 aliphatic carbocycles. The molecule has 1 unspecified atom stereocenters. The molecule has 1 aliphatic rings. The van der Waals surface area contributed by atoms with E-state index in [0.717, 1.165) is 24.9 Å². The Labute approximate surface area is 177 Å². The number of non-ortho nitro benzene ring substituents is 1. The molecule has 0 bridgehead atoms. The van der Waals surface area contributed by atoms with Crippen molar-refractivity contribution in [1.29, 1.82) is 0 Å². The van der Waals surface area contributed by atoms with Crippen LogP contribution in [0, 0.1) is 30.3 Å². The fraction of sp³-hybridized carbons (Fsp3) is 0.500. The molecule has 0 radical (unpaired) electrons. The second-order valence-corrected chi connectivity index (χ2v) is 7.44. The lowest BCUT2D eigenvalue weighted by Gasteiger charge is -2.19. The lowest BCUT2D eigenvalue weighted by molar-refractivity contribution is -0.404. The highest BCUT2D eigenvalue weighted by molar-refractivity contribution is 14.1. The zero-order valence-electron chi connectivity index (χ0n) is 15.0. The van der Waals surface area contributed by atoms with E-state index in [0.29, 0.717) is 12.1 Å². The van der Waals surface area contributed by atoms with Gasteiger partial charge in [-0.3, -0.25) is 35.3 Å². The van der Waals surface area contributed by atoms with Gasteiger partial charge in [0, 0.05) is 22.8 Å². The fourth-order valence-electron chi connectivity index (χ4n) is 2.13. The van der Waals surface area contributed by atoms with Crippen molar-refractivity contribution < 1.29 is 19.9 Å². The van der Waals surface area contributed by atoms with E-state index in [1.165, 1.54) is 9.60 Å². The van der Waals surface area contributed by atoms with E-state index in [1.807, 2.05) is 11.8 Å². The number of phenolic OH excluding ortho intramolecular Hbond substituents is 1. The first-order valence-corrected chi connectivity index (χ1v) is 10.4. The number of rotatable bonds is 6. The van der Waals surface area contributed by atoms with Crippen molar-refractivity contribution in [1.82, 2.24) is 4.90 Å². The van der Waals surface area contributed by atoms with Crippen LogP contribution in [0.1, 0.15) is 13.8 Å². The number of nitro benzene ring substituents is 3. The van der Waals surface area contributed by atoms with Gasteiger partial charge in [-0.2, -0.15) is 0 Å². The van der Waals surface area contributed by atoms with Crippen LogP contribution in [0.2, 0.25) is 0 Å². The van der Waals surface area contributed by atoms with Gasteiger partial charge in [-0.15, -0.1) is 0 Å². The van der Waals surface area contributed by atoms with Gasteiger partial charge in [0.15, 0.2) is 5.17 Å². The lowest BCUT2D eigenvalue weighted by Crippen LogP contribution is -2.27. The average molecular weight is 527 g/mol. The smallest absolute Gasteiger partial charge is 0.324 e. The zero-order valence-corrected chi connectivity index (χ0v) is 18.0. The van der Waals surface area contributed by atoms with E-state index in [-0.39, 0.29) is 0 Å². The van der Waals surface area contributed by atoms with Gasteiger partial charge in [-0.1, -0.05) is 34.4 Å². The highest BCUT2D eigenvalue weighted by Gasteiger charge is 2.30. The van der Waals surface area contributed by atoms with E-state index >= 15 is 0 Å². The summed E-state index contributed by atoms with van der Waals surface area (Å²) in [7, 11) is 0. The summed E-state index contributed by atoms with van der Waals surface area (Å²) >= 11 is 4.37. The molecule has 1 aliphatic heterocycles. The lowest BCUT2D eigenvalue weighted by atomic mass is 10.2. The van der Waals surface area contributed by atoms with E-state index in [9.17, 15) is 30.3 Å². The predicted octanol–water partition coefficient (Wildman–Crippen LogP) is 3.35. The molecule has 12 nitrogen and oxygen atoms in total. The number of phenols is 1. The van der Waals surface area contributed by atoms with Crippen LogP contribution in [0.5, 0.6) is 5.75 Å². The maximum Gasteiger partial charge on any atom is 0.324 e. The van der Waals surface area contributed by atoms with E-state index in [1.54, 1.807) is 0 Å². The Balaban J connectivity index is 0.000000292. The SMILES string of the molecule is CCN(CC)C1=NCC(CI)S1.O=[N+]([O-])c1cc([N+](=O)[O-])c(O)c([N+](=O)[O-])c1. The maximum absolute atomic E-state index is 10.4. The number of nitro groups is 3. The fourth-order valence-corrected chi connectivity index (χ4v) is 4.01. The molecule has 1 atom stereocenters. The first-order chi connectivity index (χ1) is 13.2. The first-order valence-electron chi connectivity index (χ1n) is 7.98. The van der Waals surface area contributed by atoms with Gasteiger partial charge in [0.1, 0.15) is 0 Å². The highest BCUT2D eigenvalue weighted by Crippen LogP contribution is 2.38. The molecule has 154 valence electrons. The Morgan fingerprint density at radius 3 is 1.96 bits per heavy atom. The standard InChI is InChI=1S/C8H15IN2S.C6H3N3O7/c1-3-11(4-2)8-10-6-7(5-9)12-8;10-6-4(8(13)14)1-3(7(11)12)2-5(6)9(15)16/h7H,3-6H2,1-2H3;1-2,10H. The number of benzene rings is 1. The van der Waals surface area contributed by atoms with Crippen LogP contribution in [0.25, 0.3) is 0 Å². The summed E-state index contributed by atoms with van der Waals surface area (Å²) in [6, 6.07) is 0.894. The van der Waals surface area contributed by atoms with Crippen molar-refractivity contribution in [2.24, 2.45) is 4.99 Å². The molecule has 0 aromatic heterocycles. The van der Waals surface area contributed by atoms with E-state index in [2.05, 4.69) is 46.3 Å². The summed E-state index contributed by atoms with van der Waals surface area (Å²) in [6.07, 6.45) is 0. The van der Waals surface area contributed by atoms with Gasteiger partial charge in [0.25, 0.3) is 11.4 Å². The second-order valence-electron chi connectivity index (χ2n) is 5.29. The summed E-state index contributed by atoms with van der Waals surface area (Å²) in [5, 5.41) is 42.2. The predicted molar refractivity (Wildman–Crippen MR) is 114 cm³/mol. The molecule has 0 spiro atoms. The Kier molecular flexibility index (Phi) is 9.30. The van der Waals surface area contributed by atoms with Crippen LogP contribution in [-0.4, -0.2) is 59.3 Å². The molecule has 1 aromatic carbocycles. The van der Waals surface area contributed by atoms with Crippen LogP contribution in [0.15, 0.2) is 17.1 Å². The molecule has 0 saturated heterocycles. The number of halogens is 1. The summed E-state index contributed by atoms with van der Waals surface area (Å²) in [4.78, 5) is 34.6. The second kappa shape index (κ2) is 10.9. The molecule has 2 rings (SSSR count). The number of nitrogens with zero attached hydrogens (tertiary/aromatic N) is 5. The van der Waals surface area contributed by atoms with Crippen LogP contribution < -0.4 is 0 Å². The number of aliphatic imine (C=N–C) groups is 1. The van der Waals surface area contributed by atoms with Gasteiger partial charge in [-0.25, -0.2) is 0 Å². The number of thioether (sulfide) groups is 1. The third kappa shape index (κ3) is 6.15. The van der Waals surface area contributed by atoms with Crippen LogP contribution in [-0.2, 0) is 0 Å². The van der Waals surface area contributed by atoms with Gasteiger partial charge in [0.05, 0.1) is 33.4 Å². The number of hydrogen-bond acceptors (Lipinski definition) is 10. The van der Waals surface area contributed by atoms with Crippen molar-refractivity contribution in [2.45, 2.75) is 19.1 Å². The van der Waals surface area contributed by atoms with Crippen molar-refractivity contribution in [3.63, 3.8) is 0 Å².